The van der Waals surface area contributed by atoms with Crippen molar-refractivity contribution < 1.29 is 23.9 Å². The molecule has 4 rings (SSSR count). The van der Waals surface area contributed by atoms with Gasteiger partial charge in [-0.15, -0.1) is 0 Å². The number of halogens is 1. The van der Waals surface area contributed by atoms with Crippen LogP contribution in [0, 0.1) is 0 Å². The number of alkyl carbamates (subject to hydrolysis) is 1. The van der Waals surface area contributed by atoms with Crippen LogP contribution in [0.2, 0.25) is 5.02 Å². The van der Waals surface area contributed by atoms with E-state index in [2.05, 4.69) is 20.7 Å². The Hall–Kier alpha value is -4.44. The largest absolute Gasteiger partial charge is 0.467 e. The second-order valence-electron chi connectivity index (χ2n) is 10.1. The molecule has 11 heteroatoms. The molecule has 0 saturated carbocycles. The first-order valence-corrected chi connectivity index (χ1v) is 12.9. The summed E-state index contributed by atoms with van der Waals surface area (Å²) in [6.45, 7) is 5.20. The summed E-state index contributed by atoms with van der Waals surface area (Å²) in [5, 5.41) is 10.6. The molecule has 2 aromatic heterocycles. The van der Waals surface area contributed by atoms with Crippen molar-refractivity contribution in [3.63, 3.8) is 0 Å². The average Bonchev–Trinajstić information content (AvgIpc) is 3.29. The van der Waals surface area contributed by atoms with Crippen LogP contribution in [-0.4, -0.2) is 51.3 Å². The molecule has 208 valence electrons. The predicted molar refractivity (Wildman–Crippen MR) is 151 cm³/mol. The standard InChI is InChI=1S/C29H30ClN5O5/c1-29(2,3)40-28(38)33-24(27(37)39-4)15-18-5-11-21(12-6-18)32-26(36)16-22-17-35-25(31-22)14-13-23(34-35)19-7-9-20(30)10-8-19/h5-14,17,24H,15-16H2,1-4H3,(H,32,36)(H,33,38)/t24-/m0/s1. The molecule has 0 fully saturated rings. The second-order valence-corrected chi connectivity index (χ2v) is 10.5. The van der Waals surface area contributed by atoms with Crippen LogP contribution in [0.3, 0.4) is 0 Å². The summed E-state index contributed by atoms with van der Waals surface area (Å²) in [4.78, 5) is 41.5. The summed E-state index contributed by atoms with van der Waals surface area (Å²) in [6.07, 6.45) is 1.26. The van der Waals surface area contributed by atoms with Gasteiger partial charge in [0.05, 0.1) is 31.1 Å². The van der Waals surface area contributed by atoms with E-state index in [1.807, 2.05) is 24.3 Å². The van der Waals surface area contributed by atoms with Gasteiger partial charge in [0.25, 0.3) is 0 Å². The maximum absolute atomic E-state index is 12.7. The molecule has 0 saturated heterocycles. The van der Waals surface area contributed by atoms with Crippen LogP contribution in [-0.2, 0) is 31.9 Å². The van der Waals surface area contributed by atoms with Gasteiger partial charge in [0.1, 0.15) is 11.6 Å². The summed E-state index contributed by atoms with van der Waals surface area (Å²) < 4.78 is 11.7. The number of hydrogen-bond acceptors (Lipinski definition) is 7. The highest BCUT2D eigenvalue weighted by Crippen LogP contribution is 2.20. The van der Waals surface area contributed by atoms with Gasteiger partial charge in [0.15, 0.2) is 5.65 Å². The lowest BCUT2D eigenvalue weighted by Gasteiger charge is -2.22. The molecular formula is C29H30ClN5O5. The molecule has 0 spiro atoms. The first-order valence-electron chi connectivity index (χ1n) is 12.6. The Labute approximate surface area is 236 Å². The van der Waals surface area contributed by atoms with Gasteiger partial charge < -0.3 is 20.1 Å². The van der Waals surface area contributed by atoms with Crippen molar-refractivity contribution in [1.29, 1.82) is 0 Å². The highest BCUT2D eigenvalue weighted by molar-refractivity contribution is 6.30. The zero-order valence-corrected chi connectivity index (χ0v) is 23.4. The lowest BCUT2D eigenvalue weighted by Crippen LogP contribution is -2.45. The van der Waals surface area contributed by atoms with E-state index in [0.717, 1.165) is 16.8 Å². The molecule has 0 unspecified atom stereocenters. The molecule has 0 radical (unpaired) electrons. The van der Waals surface area contributed by atoms with Gasteiger partial charge >= 0.3 is 12.1 Å². The number of methoxy groups -OCH3 is 1. The van der Waals surface area contributed by atoms with Gasteiger partial charge in [-0.3, -0.25) is 4.79 Å². The van der Waals surface area contributed by atoms with Crippen LogP contribution < -0.4 is 10.6 Å². The number of rotatable bonds is 8. The molecular weight excluding hydrogens is 534 g/mol. The molecule has 1 atom stereocenters. The Kier molecular flexibility index (Phi) is 8.69. The van der Waals surface area contributed by atoms with Crippen molar-refractivity contribution in [2.75, 3.05) is 12.4 Å². The maximum atomic E-state index is 12.7. The molecule has 2 amide bonds. The van der Waals surface area contributed by atoms with Gasteiger partial charge in [-0.2, -0.15) is 5.10 Å². The summed E-state index contributed by atoms with van der Waals surface area (Å²) in [7, 11) is 1.25. The van der Waals surface area contributed by atoms with E-state index >= 15 is 0 Å². The second kappa shape index (κ2) is 12.2. The zero-order valence-electron chi connectivity index (χ0n) is 22.6. The van der Waals surface area contributed by atoms with Crippen LogP contribution in [0.15, 0.2) is 66.9 Å². The number of carbonyl (C=O) groups excluding carboxylic acids is 3. The maximum Gasteiger partial charge on any atom is 0.408 e. The van der Waals surface area contributed by atoms with E-state index in [9.17, 15) is 14.4 Å². The molecule has 0 aliphatic heterocycles. The van der Waals surface area contributed by atoms with E-state index in [1.165, 1.54) is 7.11 Å². The van der Waals surface area contributed by atoms with Crippen LogP contribution >= 0.6 is 11.6 Å². The Balaban J connectivity index is 1.36. The van der Waals surface area contributed by atoms with E-state index in [0.29, 0.717) is 22.1 Å². The van der Waals surface area contributed by atoms with Crippen LogP contribution in [0.25, 0.3) is 16.9 Å². The van der Waals surface area contributed by atoms with Crippen molar-refractivity contribution in [2.24, 2.45) is 0 Å². The number of benzene rings is 2. The number of aromatic nitrogens is 3. The minimum absolute atomic E-state index is 0.0611. The Morgan fingerprint density at radius 2 is 1.70 bits per heavy atom. The normalized spacial score (nSPS) is 12.0. The third-order valence-corrected chi connectivity index (χ3v) is 5.96. The van der Waals surface area contributed by atoms with E-state index in [4.69, 9.17) is 21.1 Å². The fourth-order valence-electron chi connectivity index (χ4n) is 3.91. The molecule has 2 N–H and O–H groups in total. The van der Waals surface area contributed by atoms with Crippen molar-refractivity contribution in [3.8, 4) is 11.3 Å². The number of amides is 2. The van der Waals surface area contributed by atoms with E-state index < -0.39 is 23.7 Å². The summed E-state index contributed by atoms with van der Waals surface area (Å²) >= 11 is 5.97. The number of fused-ring (bicyclic) bond motifs is 1. The highest BCUT2D eigenvalue weighted by atomic mass is 35.5. The van der Waals surface area contributed by atoms with Gasteiger partial charge in [-0.1, -0.05) is 35.9 Å². The first kappa shape index (κ1) is 28.6. The molecule has 40 heavy (non-hydrogen) atoms. The average molecular weight is 564 g/mol. The number of esters is 1. The number of hydrogen-bond donors (Lipinski definition) is 2. The zero-order chi connectivity index (χ0) is 28.9. The van der Waals surface area contributed by atoms with Crippen LogP contribution in [0.1, 0.15) is 32.0 Å². The fraction of sp³-hybridized carbons (Fsp3) is 0.276. The molecule has 0 aliphatic carbocycles. The van der Waals surface area contributed by atoms with Crippen molar-refractivity contribution in [1.82, 2.24) is 19.9 Å². The van der Waals surface area contributed by atoms with Crippen molar-refractivity contribution in [3.05, 3.63) is 83.1 Å². The van der Waals surface area contributed by atoms with Crippen LogP contribution in [0.5, 0.6) is 0 Å². The number of nitrogens with zero attached hydrogens (tertiary/aromatic N) is 3. The minimum atomic E-state index is -0.927. The molecule has 2 heterocycles. The smallest absolute Gasteiger partial charge is 0.408 e. The third-order valence-electron chi connectivity index (χ3n) is 5.71. The van der Waals surface area contributed by atoms with Gasteiger partial charge in [0, 0.05) is 22.7 Å². The number of carbonyl (C=O) groups is 3. The first-order chi connectivity index (χ1) is 19.0. The molecule has 0 bridgehead atoms. The topological polar surface area (TPSA) is 124 Å². The number of imidazole rings is 1. The lowest BCUT2D eigenvalue weighted by molar-refractivity contribution is -0.143. The van der Waals surface area contributed by atoms with E-state index in [1.54, 1.807) is 67.9 Å². The Morgan fingerprint density at radius 1 is 1.00 bits per heavy atom. The van der Waals surface area contributed by atoms with Gasteiger partial charge in [-0.25, -0.2) is 19.1 Å². The monoisotopic (exact) mass is 563 g/mol. The Bertz CT molecular complexity index is 1510. The molecule has 0 aliphatic rings. The number of ether oxygens (including phenoxy) is 2. The van der Waals surface area contributed by atoms with Gasteiger partial charge in [-0.05, 0) is 62.7 Å². The predicted octanol–water partition coefficient (Wildman–Crippen LogP) is 4.84. The van der Waals surface area contributed by atoms with Gasteiger partial charge in [0.2, 0.25) is 5.91 Å². The lowest BCUT2D eigenvalue weighted by atomic mass is 10.1. The Morgan fingerprint density at radius 3 is 2.35 bits per heavy atom. The minimum Gasteiger partial charge on any atom is -0.467 e. The van der Waals surface area contributed by atoms with Crippen molar-refractivity contribution >= 4 is 40.9 Å². The SMILES string of the molecule is COC(=O)[C@H](Cc1ccc(NC(=O)Cc2cn3nc(-c4ccc(Cl)cc4)ccc3n2)cc1)NC(=O)OC(C)(C)C. The summed E-state index contributed by atoms with van der Waals surface area (Å²) in [5.74, 6) is -0.835. The summed E-state index contributed by atoms with van der Waals surface area (Å²) in [6, 6.07) is 17.1. The third kappa shape index (κ3) is 7.79. The molecule has 2 aromatic carbocycles. The number of nitrogens with one attached hydrogen (secondary N) is 2. The highest BCUT2D eigenvalue weighted by Gasteiger charge is 2.25. The van der Waals surface area contributed by atoms with Crippen LogP contribution in [0.4, 0.5) is 10.5 Å². The summed E-state index contributed by atoms with van der Waals surface area (Å²) in [5.41, 5.74) is 3.51. The quantitative estimate of drug-likeness (QED) is 0.294. The molecule has 10 nitrogen and oxygen atoms in total. The molecule has 4 aromatic rings. The number of anilines is 1. The van der Waals surface area contributed by atoms with Crippen molar-refractivity contribution in [2.45, 2.75) is 45.3 Å². The fourth-order valence-corrected chi connectivity index (χ4v) is 4.03. The van der Waals surface area contributed by atoms with E-state index in [-0.39, 0.29) is 18.7 Å².